The van der Waals surface area contributed by atoms with Crippen molar-refractivity contribution in [2.45, 2.75) is 26.2 Å². The standard InChI is InChI=1S/C11H17N3O2/c1-2-3-4-9-13(12)10-5-7-11(8-6-10)14(15)16/h5-8H,2-4,9,12H2,1H3. The van der Waals surface area contributed by atoms with Crippen LogP contribution in [0.1, 0.15) is 26.2 Å². The minimum Gasteiger partial charge on any atom is -0.311 e. The average molecular weight is 223 g/mol. The fraction of sp³-hybridized carbons (Fsp3) is 0.455. The molecule has 5 nitrogen and oxygen atoms in total. The zero-order valence-corrected chi connectivity index (χ0v) is 9.43. The maximum Gasteiger partial charge on any atom is 0.269 e. The van der Waals surface area contributed by atoms with Crippen molar-refractivity contribution < 1.29 is 4.92 Å². The average Bonchev–Trinajstić information content (AvgIpc) is 2.29. The van der Waals surface area contributed by atoms with Crippen LogP contribution in [0.3, 0.4) is 0 Å². The number of non-ortho nitro benzene ring substituents is 1. The van der Waals surface area contributed by atoms with E-state index in [1.54, 1.807) is 17.1 Å². The number of nitrogens with two attached hydrogens (primary N) is 1. The van der Waals surface area contributed by atoms with Crippen molar-refractivity contribution in [3.05, 3.63) is 34.4 Å². The van der Waals surface area contributed by atoms with Gasteiger partial charge in [-0.2, -0.15) is 0 Å². The molecule has 0 aromatic heterocycles. The highest BCUT2D eigenvalue weighted by Crippen LogP contribution is 2.17. The second-order valence-electron chi connectivity index (χ2n) is 3.67. The topological polar surface area (TPSA) is 72.4 Å². The lowest BCUT2D eigenvalue weighted by atomic mass is 10.2. The Hall–Kier alpha value is -1.62. The SMILES string of the molecule is CCCCCN(N)c1ccc([N+](=O)[O-])cc1. The van der Waals surface area contributed by atoms with Gasteiger partial charge in [0.1, 0.15) is 0 Å². The Morgan fingerprint density at radius 1 is 1.31 bits per heavy atom. The van der Waals surface area contributed by atoms with Crippen molar-refractivity contribution >= 4 is 11.4 Å². The molecule has 0 radical (unpaired) electrons. The van der Waals surface area contributed by atoms with Gasteiger partial charge < -0.3 is 5.01 Å². The first kappa shape index (κ1) is 12.4. The highest BCUT2D eigenvalue weighted by atomic mass is 16.6. The zero-order valence-electron chi connectivity index (χ0n) is 9.43. The van der Waals surface area contributed by atoms with Crippen LogP contribution in [-0.4, -0.2) is 11.5 Å². The Kier molecular flexibility index (Phi) is 4.72. The Morgan fingerprint density at radius 3 is 2.44 bits per heavy atom. The van der Waals surface area contributed by atoms with Crippen molar-refractivity contribution in [3.8, 4) is 0 Å². The molecule has 0 aliphatic heterocycles. The van der Waals surface area contributed by atoms with Gasteiger partial charge in [-0.1, -0.05) is 19.8 Å². The summed E-state index contributed by atoms with van der Waals surface area (Å²) in [4.78, 5) is 10.0. The number of nitrogens with zero attached hydrogens (tertiary/aromatic N) is 2. The fourth-order valence-corrected chi connectivity index (χ4v) is 1.43. The number of anilines is 1. The van der Waals surface area contributed by atoms with Crippen molar-refractivity contribution in [2.75, 3.05) is 11.6 Å². The molecule has 1 aromatic rings. The van der Waals surface area contributed by atoms with Crippen LogP contribution in [-0.2, 0) is 0 Å². The van der Waals surface area contributed by atoms with Crippen LogP contribution in [0.25, 0.3) is 0 Å². The molecule has 0 spiro atoms. The number of hydrazine groups is 1. The third-order valence-electron chi connectivity index (χ3n) is 2.39. The van der Waals surface area contributed by atoms with Gasteiger partial charge in [0.25, 0.3) is 5.69 Å². The van der Waals surface area contributed by atoms with Crippen LogP contribution in [0.15, 0.2) is 24.3 Å². The quantitative estimate of drug-likeness (QED) is 0.348. The van der Waals surface area contributed by atoms with E-state index in [1.165, 1.54) is 12.1 Å². The largest absolute Gasteiger partial charge is 0.311 e. The van der Waals surface area contributed by atoms with Crippen molar-refractivity contribution in [2.24, 2.45) is 5.84 Å². The first-order valence-electron chi connectivity index (χ1n) is 5.42. The molecular weight excluding hydrogens is 206 g/mol. The lowest BCUT2D eigenvalue weighted by molar-refractivity contribution is -0.384. The molecule has 16 heavy (non-hydrogen) atoms. The van der Waals surface area contributed by atoms with Crippen LogP contribution in [0.4, 0.5) is 11.4 Å². The first-order chi connectivity index (χ1) is 7.65. The summed E-state index contributed by atoms with van der Waals surface area (Å²) in [6.07, 6.45) is 3.32. The first-order valence-corrected chi connectivity index (χ1v) is 5.42. The van der Waals surface area contributed by atoms with Gasteiger partial charge in [0.05, 0.1) is 10.6 Å². The Labute approximate surface area is 95.0 Å². The van der Waals surface area contributed by atoms with Crippen molar-refractivity contribution in [1.29, 1.82) is 0 Å². The van der Waals surface area contributed by atoms with Gasteiger partial charge in [-0.3, -0.25) is 10.1 Å². The molecule has 0 fully saturated rings. The maximum atomic E-state index is 10.5. The smallest absolute Gasteiger partial charge is 0.269 e. The highest BCUT2D eigenvalue weighted by molar-refractivity contribution is 5.49. The van der Waals surface area contributed by atoms with Crippen molar-refractivity contribution in [3.63, 3.8) is 0 Å². The molecule has 0 amide bonds. The molecule has 1 rings (SSSR count). The zero-order chi connectivity index (χ0) is 12.0. The van der Waals surface area contributed by atoms with Gasteiger partial charge in [-0.05, 0) is 18.6 Å². The van der Waals surface area contributed by atoms with Crippen LogP contribution in [0, 0.1) is 10.1 Å². The molecule has 0 saturated heterocycles. The van der Waals surface area contributed by atoms with E-state index in [-0.39, 0.29) is 5.69 Å². The minimum atomic E-state index is -0.415. The predicted molar refractivity (Wildman–Crippen MR) is 64.2 cm³/mol. The number of unbranched alkanes of at least 4 members (excludes halogenated alkanes) is 2. The molecule has 0 bridgehead atoms. The lowest BCUT2D eigenvalue weighted by Crippen LogP contribution is -2.31. The number of hydrogen-bond donors (Lipinski definition) is 1. The third kappa shape index (κ3) is 3.51. The van der Waals surface area contributed by atoms with Crippen LogP contribution in [0.5, 0.6) is 0 Å². The summed E-state index contributed by atoms with van der Waals surface area (Å²) in [6, 6.07) is 6.28. The number of benzene rings is 1. The second kappa shape index (κ2) is 6.07. The molecule has 0 heterocycles. The summed E-state index contributed by atoms with van der Waals surface area (Å²) in [7, 11) is 0. The highest BCUT2D eigenvalue weighted by Gasteiger charge is 2.06. The van der Waals surface area contributed by atoms with Crippen LogP contribution in [0.2, 0.25) is 0 Å². The van der Waals surface area contributed by atoms with E-state index < -0.39 is 4.92 Å². The molecule has 0 aliphatic rings. The summed E-state index contributed by atoms with van der Waals surface area (Å²) in [5.74, 6) is 5.83. The summed E-state index contributed by atoms with van der Waals surface area (Å²) in [6.45, 7) is 2.90. The monoisotopic (exact) mass is 223 g/mol. The van der Waals surface area contributed by atoms with Gasteiger partial charge in [-0.25, -0.2) is 5.84 Å². The lowest BCUT2D eigenvalue weighted by Gasteiger charge is -2.18. The van der Waals surface area contributed by atoms with Gasteiger partial charge in [0, 0.05) is 18.7 Å². The Morgan fingerprint density at radius 2 is 1.94 bits per heavy atom. The molecule has 1 aromatic carbocycles. The number of nitro benzene ring substituents is 1. The van der Waals surface area contributed by atoms with Gasteiger partial charge in [0.15, 0.2) is 0 Å². The van der Waals surface area contributed by atoms with E-state index in [9.17, 15) is 10.1 Å². The van der Waals surface area contributed by atoms with Crippen LogP contribution < -0.4 is 10.9 Å². The van der Waals surface area contributed by atoms with E-state index in [0.29, 0.717) is 0 Å². The summed E-state index contributed by atoms with van der Waals surface area (Å²) in [5.41, 5.74) is 0.896. The van der Waals surface area contributed by atoms with Crippen molar-refractivity contribution in [1.82, 2.24) is 0 Å². The molecule has 2 N–H and O–H groups in total. The van der Waals surface area contributed by atoms with Gasteiger partial charge >= 0.3 is 0 Å². The van der Waals surface area contributed by atoms with E-state index >= 15 is 0 Å². The molecule has 0 saturated carbocycles. The predicted octanol–water partition coefficient (Wildman–Crippen LogP) is 2.47. The third-order valence-corrected chi connectivity index (χ3v) is 2.39. The molecule has 0 aliphatic carbocycles. The molecular formula is C11H17N3O2. The van der Waals surface area contributed by atoms with Gasteiger partial charge in [-0.15, -0.1) is 0 Å². The summed E-state index contributed by atoms with van der Waals surface area (Å²) >= 11 is 0. The number of nitro groups is 1. The normalized spacial score (nSPS) is 10.1. The van der Waals surface area contributed by atoms with E-state index in [4.69, 9.17) is 5.84 Å². The van der Waals surface area contributed by atoms with Crippen LogP contribution >= 0.6 is 0 Å². The fourth-order valence-electron chi connectivity index (χ4n) is 1.43. The molecule has 0 atom stereocenters. The molecule has 88 valence electrons. The second-order valence-corrected chi connectivity index (χ2v) is 3.67. The number of hydrogen-bond acceptors (Lipinski definition) is 4. The van der Waals surface area contributed by atoms with E-state index in [0.717, 1.165) is 31.5 Å². The maximum absolute atomic E-state index is 10.5. The molecule has 5 heteroatoms. The van der Waals surface area contributed by atoms with E-state index in [2.05, 4.69) is 6.92 Å². The summed E-state index contributed by atoms with van der Waals surface area (Å²) in [5, 5.41) is 12.1. The Balaban J connectivity index is 2.56. The Bertz CT molecular complexity index is 338. The van der Waals surface area contributed by atoms with E-state index in [1.807, 2.05) is 0 Å². The molecule has 0 unspecified atom stereocenters. The minimum absolute atomic E-state index is 0.0886. The summed E-state index contributed by atoms with van der Waals surface area (Å²) < 4.78 is 0. The van der Waals surface area contributed by atoms with Gasteiger partial charge in [0.2, 0.25) is 0 Å². The number of rotatable bonds is 6.